The van der Waals surface area contributed by atoms with Gasteiger partial charge in [0, 0.05) is 17.8 Å². The average Bonchev–Trinajstić information content (AvgIpc) is 2.42. The van der Waals surface area contributed by atoms with Crippen molar-refractivity contribution in [1.82, 2.24) is 10.6 Å². The predicted molar refractivity (Wildman–Crippen MR) is 76.6 cm³/mol. The third-order valence-corrected chi connectivity index (χ3v) is 2.67. The summed E-state index contributed by atoms with van der Waals surface area (Å²) in [6.07, 6.45) is 3.08. The van der Waals surface area contributed by atoms with Crippen LogP contribution in [-0.4, -0.2) is 25.9 Å². The Labute approximate surface area is 109 Å². The van der Waals surface area contributed by atoms with E-state index in [1.165, 1.54) is 6.42 Å². The number of hydrogen-bond acceptors (Lipinski definition) is 3. The van der Waals surface area contributed by atoms with E-state index in [2.05, 4.69) is 24.1 Å². The minimum atomic E-state index is 0.681. The highest BCUT2D eigenvalue weighted by molar-refractivity contribution is 5.77. The molecule has 3 nitrogen and oxygen atoms in total. The van der Waals surface area contributed by atoms with Crippen molar-refractivity contribution in [3.8, 4) is 0 Å². The molecule has 1 aromatic rings. The lowest BCUT2D eigenvalue weighted by Gasteiger charge is -2.10. The fraction of sp³-hybridized carbons (Fsp3) is 0.400. The van der Waals surface area contributed by atoms with Crippen molar-refractivity contribution in [3.63, 3.8) is 0 Å². The molecule has 1 aromatic carbocycles. The van der Waals surface area contributed by atoms with Gasteiger partial charge < -0.3 is 10.6 Å². The summed E-state index contributed by atoms with van der Waals surface area (Å²) in [4.78, 5) is 10.7. The Morgan fingerprint density at radius 2 is 2.17 bits per heavy atom. The van der Waals surface area contributed by atoms with Gasteiger partial charge in [0.2, 0.25) is 0 Å². The molecular weight excluding hydrogens is 224 g/mol. The van der Waals surface area contributed by atoms with Gasteiger partial charge in [-0.25, -0.2) is 0 Å². The van der Waals surface area contributed by atoms with E-state index >= 15 is 0 Å². The normalized spacial score (nSPS) is 10.1. The van der Waals surface area contributed by atoms with Crippen molar-refractivity contribution in [3.05, 3.63) is 42.0 Å². The highest BCUT2D eigenvalue weighted by Gasteiger charge is 1.99. The highest BCUT2D eigenvalue weighted by atomic mass is 16.1. The van der Waals surface area contributed by atoms with Gasteiger partial charge in [-0.05, 0) is 37.6 Å². The average molecular weight is 246 g/mol. The lowest BCUT2D eigenvalue weighted by molar-refractivity contribution is 0.112. The maximum absolute atomic E-state index is 10.7. The molecule has 0 aliphatic carbocycles. The van der Waals surface area contributed by atoms with Crippen molar-refractivity contribution in [2.24, 2.45) is 0 Å². The Kier molecular flexibility index (Phi) is 6.81. The van der Waals surface area contributed by atoms with E-state index in [9.17, 15) is 4.79 Å². The fourth-order valence-electron chi connectivity index (χ4n) is 1.66. The second-order valence-corrected chi connectivity index (χ2v) is 4.25. The zero-order valence-corrected chi connectivity index (χ0v) is 11.0. The van der Waals surface area contributed by atoms with Crippen LogP contribution in [0.25, 0.3) is 5.70 Å². The Morgan fingerprint density at radius 3 is 2.89 bits per heavy atom. The lowest BCUT2D eigenvalue weighted by Crippen LogP contribution is -2.21. The molecule has 0 aliphatic rings. The van der Waals surface area contributed by atoms with Crippen molar-refractivity contribution in [2.45, 2.75) is 19.8 Å². The molecule has 0 aromatic heterocycles. The van der Waals surface area contributed by atoms with Crippen molar-refractivity contribution in [1.29, 1.82) is 0 Å². The summed E-state index contributed by atoms with van der Waals surface area (Å²) < 4.78 is 0. The van der Waals surface area contributed by atoms with Crippen LogP contribution in [0.15, 0.2) is 30.8 Å². The van der Waals surface area contributed by atoms with Gasteiger partial charge in [-0.2, -0.15) is 0 Å². The number of nitrogens with one attached hydrogen (secondary N) is 2. The molecule has 0 atom stereocenters. The summed E-state index contributed by atoms with van der Waals surface area (Å²) in [5, 5.41) is 6.63. The fourth-order valence-corrected chi connectivity index (χ4v) is 1.66. The molecule has 0 bridgehead atoms. The van der Waals surface area contributed by atoms with Crippen LogP contribution in [0.1, 0.15) is 35.7 Å². The smallest absolute Gasteiger partial charge is 0.150 e. The molecule has 2 N–H and O–H groups in total. The number of carbonyl (C=O) groups excluding carboxylic acids is 1. The van der Waals surface area contributed by atoms with Crippen LogP contribution < -0.4 is 10.6 Å². The molecular formula is C15H22N2O. The minimum Gasteiger partial charge on any atom is -0.385 e. The first-order valence-corrected chi connectivity index (χ1v) is 6.47. The van der Waals surface area contributed by atoms with E-state index in [-0.39, 0.29) is 0 Å². The topological polar surface area (TPSA) is 41.1 Å². The summed E-state index contributed by atoms with van der Waals surface area (Å²) in [6.45, 7) is 9.12. The van der Waals surface area contributed by atoms with E-state index in [1.54, 1.807) is 6.07 Å². The molecule has 18 heavy (non-hydrogen) atoms. The minimum absolute atomic E-state index is 0.681. The Morgan fingerprint density at radius 1 is 1.33 bits per heavy atom. The van der Waals surface area contributed by atoms with Gasteiger partial charge in [-0.15, -0.1) is 0 Å². The number of carbonyl (C=O) groups is 1. The Bertz CT molecular complexity index is 388. The number of hydrogen-bond donors (Lipinski definition) is 2. The maximum Gasteiger partial charge on any atom is 0.150 e. The summed E-state index contributed by atoms with van der Waals surface area (Å²) in [5.41, 5.74) is 2.52. The number of aldehydes is 1. The van der Waals surface area contributed by atoms with E-state index in [0.29, 0.717) is 5.56 Å². The highest BCUT2D eigenvalue weighted by Crippen LogP contribution is 2.10. The summed E-state index contributed by atoms with van der Waals surface area (Å²) in [7, 11) is 0. The second kappa shape index (κ2) is 8.48. The van der Waals surface area contributed by atoms with Crippen molar-refractivity contribution < 1.29 is 4.79 Å². The van der Waals surface area contributed by atoms with E-state index in [4.69, 9.17) is 0 Å². The van der Waals surface area contributed by atoms with Gasteiger partial charge >= 0.3 is 0 Å². The van der Waals surface area contributed by atoms with Crippen LogP contribution in [0.5, 0.6) is 0 Å². The summed E-state index contributed by atoms with van der Waals surface area (Å²) in [5.74, 6) is 0. The summed E-state index contributed by atoms with van der Waals surface area (Å²) >= 11 is 0. The molecule has 0 aliphatic heterocycles. The molecule has 1 rings (SSSR count). The molecule has 0 saturated heterocycles. The van der Waals surface area contributed by atoms with Crippen LogP contribution in [-0.2, 0) is 0 Å². The number of rotatable bonds is 9. The maximum atomic E-state index is 10.7. The molecule has 0 fully saturated rings. The first-order chi connectivity index (χ1) is 8.77. The number of benzene rings is 1. The van der Waals surface area contributed by atoms with Crippen molar-refractivity contribution in [2.75, 3.05) is 19.6 Å². The SMILES string of the molecule is C=C(NCCCNCCC)c1cccc(C=O)c1. The van der Waals surface area contributed by atoms with Crippen LogP contribution in [0.4, 0.5) is 0 Å². The lowest BCUT2D eigenvalue weighted by atomic mass is 10.1. The molecule has 0 spiro atoms. The van der Waals surface area contributed by atoms with Gasteiger partial charge in [0.05, 0.1) is 0 Å². The molecule has 0 unspecified atom stereocenters. The van der Waals surface area contributed by atoms with E-state index in [1.807, 2.05) is 18.2 Å². The van der Waals surface area contributed by atoms with Gasteiger partial charge in [-0.1, -0.05) is 31.7 Å². The predicted octanol–water partition coefficient (Wildman–Crippen LogP) is 2.45. The van der Waals surface area contributed by atoms with Gasteiger partial charge in [0.15, 0.2) is 0 Å². The Hall–Kier alpha value is -1.61. The molecule has 0 amide bonds. The molecule has 3 heteroatoms. The molecule has 0 saturated carbocycles. The first kappa shape index (κ1) is 14.5. The third-order valence-electron chi connectivity index (χ3n) is 2.67. The zero-order chi connectivity index (χ0) is 13.2. The monoisotopic (exact) mass is 246 g/mol. The van der Waals surface area contributed by atoms with Crippen LogP contribution in [0.2, 0.25) is 0 Å². The van der Waals surface area contributed by atoms with Crippen LogP contribution >= 0.6 is 0 Å². The molecule has 98 valence electrons. The third kappa shape index (κ3) is 5.15. The largest absolute Gasteiger partial charge is 0.385 e. The van der Waals surface area contributed by atoms with Gasteiger partial charge in [0.1, 0.15) is 6.29 Å². The zero-order valence-electron chi connectivity index (χ0n) is 11.0. The Balaban J connectivity index is 2.29. The van der Waals surface area contributed by atoms with Crippen LogP contribution in [0.3, 0.4) is 0 Å². The summed E-state index contributed by atoms with van der Waals surface area (Å²) in [6, 6.07) is 7.46. The van der Waals surface area contributed by atoms with Gasteiger partial charge in [0.25, 0.3) is 0 Å². The van der Waals surface area contributed by atoms with Crippen LogP contribution in [0, 0.1) is 0 Å². The second-order valence-electron chi connectivity index (χ2n) is 4.25. The first-order valence-electron chi connectivity index (χ1n) is 6.47. The standard InChI is InChI=1S/C15H22N2O/c1-3-8-16-9-5-10-17-13(2)15-7-4-6-14(11-15)12-18/h4,6-7,11-12,16-17H,2-3,5,8-10H2,1H3. The van der Waals surface area contributed by atoms with Crippen molar-refractivity contribution >= 4 is 12.0 Å². The molecule has 0 heterocycles. The van der Waals surface area contributed by atoms with E-state index < -0.39 is 0 Å². The molecule has 0 radical (unpaired) electrons. The quantitative estimate of drug-likeness (QED) is 0.519. The van der Waals surface area contributed by atoms with Gasteiger partial charge in [-0.3, -0.25) is 4.79 Å². The van der Waals surface area contributed by atoms with E-state index in [0.717, 1.165) is 43.6 Å².